The van der Waals surface area contributed by atoms with Gasteiger partial charge in [-0.05, 0) is 60.8 Å². The van der Waals surface area contributed by atoms with Crippen LogP contribution in [0.4, 0.5) is 11.4 Å². The zero-order chi connectivity index (χ0) is 25.8. The summed E-state index contributed by atoms with van der Waals surface area (Å²) in [6.07, 6.45) is 2.56. The maximum atomic E-state index is 12.9. The Labute approximate surface area is 218 Å². The van der Waals surface area contributed by atoms with Gasteiger partial charge in [0, 0.05) is 62.9 Å². The van der Waals surface area contributed by atoms with E-state index in [4.69, 9.17) is 0 Å². The summed E-state index contributed by atoms with van der Waals surface area (Å²) in [6, 6.07) is 24.2. The summed E-state index contributed by atoms with van der Waals surface area (Å²) in [4.78, 5) is 29.8. The normalized spacial score (nSPS) is 15.4. The first-order valence-corrected chi connectivity index (χ1v) is 13.1. The van der Waals surface area contributed by atoms with Gasteiger partial charge in [0.2, 0.25) is 5.91 Å². The van der Waals surface area contributed by atoms with Crippen LogP contribution in [-0.4, -0.2) is 66.9 Å². The molecule has 37 heavy (non-hydrogen) atoms. The number of anilines is 1. The van der Waals surface area contributed by atoms with Crippen LogP contribution >= 0.6 is 0 Å². The molecule has 1 saturated heterocycles. The Bertz CT molecular complexity index is 1210. The number of hydrogen-bond donors (Lipinski definition) is 0. The maximum Gasteiger partial charge on any atom is 0.269 e. The van der Waals surface area contributed by atoms with Gasteiger partial charge in [0.05, 0.1) is 4.92 Å². The molecule has 7 heteroatoms. The molecule has 0 N–H and O–H groups in total. The molecule has 5 rings (SSSR count). The van der Waals surface area contributed by atoms with E-state index in [-0.39, 0.29) is 16.5 Å². The van der Waals surface area contributed by atoms with E-state index < -0.39 is 0 Å². The Morgan fingerprint density at radius 3 is 2.08 bits per heavy atom. The smallest absolute Gasteiger partial charge is 0.269 e. The number of nitrogens with zero attached hydrogens (tertiary/aromatic N) is 4. The zero-order valence-corrected chi connectivity index (χ0v) is 21.4. The molecule has 3 aromatic rings. The molecule has 1 aliphatic heterocycles. The minimum Gasteiger partial charge on any atom is -0.368 e. The SMILES string of the molecule is CN(CCC(=O)N1CCN(c2ccc([N+](=O)[O-])cc2)CC1)CCC1c2ccccc2Cc2ccccc21. The summed E-state index contributed by atoms with van der Waals surface area (Å²) in [5.74, 6) is 0.593. The molecule has 0 spiro atoms. The lowest BCUT2D eigenvalue weighted by molar-refractivity contribution is -0.384. The van der Waals surface area contributed by atoms with Gasteiger partial charge in [-0.15, -0.1) is 0 Å². The summed E-state index contributed by atoms with van der Waals surface area (Å²) in [6.45, 7) is 4.51. The number of benzene rings is 3. The number of fused-ring (bicyclic) bond motifs is 2. The van der Waals surface area contributed by atoms with Crippen LogP contribution in [-0.2, 0) is 11.2 Å². The Kier molecular flexibility index (Phi) is 7.51. The summed E-state index contributed by atoms with van der Waals surface area (Å²) < 4.78 is 0. The van der Waals surface area contributed by atoms with E-state index in [0.717, 1.165) is 44.7 Å². The highest BCUT2D eigenvalue weighted by Crippen LogP contribution is 2.38. The summed E-state index contributed by atoms with van der Waals surface area (Å²) >= 11 is 0. The van der Waals surface area contributed by atoms with Gasteiger partial charge >= 0.3 is 0 Å². The number of amides is 1. The molecule has 1 aliphatic carbocycles. The molecule has 7 nitrogen and oxygen atoms in total. The van der Waals surface area contributed by atoms with Crippen molar-refractivity contribution in [2.75, 3.05) is 51.2 Å². The molecule has 0 atom stereocenters. The lowest BCUT2D eigenvalue weighted by Crippen LogP contribution is -2.49. The van der Waals surface area contributed by atoms with Crippen molar-refractivity contribution in [2.24, 2.45) is 0 Å². The summed E-state index contributed by atoms with van der Waals surface area (Å²) in [5.41, 5.74) is 6.80. The third-order valence-electron chi connectivity index (χ3n) is 7.81. The highest BCUT2D eigenvalue weighted by molar-refractivity contribution is 5.76. The van der Waals surface area contributed by atoms with Crippen LogP contribution in [0.3, 0.4) is 0 Å². The molecular formula is C30H34N4O3. The van der Waals surface area contributed by atoms with Gasteiger partial charge in [-0.3, -0.25) is 14.9 Å². The molecule has 0 unspecified atom stereocenters. The third kappa shape index (κ3) is 5.67. The zero-order valence-electron chi connectivity index (χ0n) is 21.4. The van der Waals surface area contributed by atoms with Gasteiger partial charge in [0.25, 0.3) is 5.69 Å². The average Bonchev–Trinajstić information content (AvgIpc) is 2.94. The van der Waals surface area contributed by atoms with Crippen LogP contribution in [0.1, 0.15) is 41.0 Å². The number of non-ortho nitro benzene ring substituents is 1. The largest absolute Gasteiger partial charge is 0.368 e. The van der Waals surface area contributed by atoms with Crippen LogP contribution in [0.5, 0.6) is 0 Å². The second-order valence-electron chi connectivity index (χ2n) is 10.1. The molecule has 0 saturated carbocycles. The molecule has 192 valence electrons. The molecule has 1 amide bonds. The van der Waals surface area contributed by atoms with Crippen LogP contribution < -0.4 is 4.90 Å². The number of carbonyl (C=O) groups excluding carboxylic acids is 1. The predicted molar refractivity (Wildman–Crippen MR) is 146 cm³/mol. The van der Waals surface area contributed by atoms with E-state index >= 15 is 0 Å². The molecule has 0 aromatic heterocycles. The molecule has 1 heterocycles. The van der Waals surface area contributed by atoms with E-state index in [0.29, 0.717) is 25.4 Å². The van der Waals surface area contributed by atoms with Gasteiger partial charge < -0.3 is 14.7 Å². The molecular weight excluding hydrogens is 464 g/mol. The summed E-state index contributed by atoms with van der Waals surface area (Å²) in [5, 5.41) is 10.9. The van der Waals surface area contributed by atoms with Crippen molar-refractivity contribution in [3.05, 3.63) is 105 Å². The lowest BCUT2D eigenvalue weighted by Gasteiger charge is -2.36. The molecule has 0 radical (unpaired) electrons. The highest BCUT2D eigenvalue weighted by Gasteiger charge is 2.26. The van der Waals surface area contributed by atoms with E-state index in [1.165, 1.54) is 34.4 Å². The predicted octanol–water partition coefficient (Wildman–Crippen LogP) is 4.69. The number of carbonyl (C=O) groups is 1. The Hall–Kier alpha value is -3.71. The van der Waals surface area contributed by atoms with Crippen molar-refractivity contribution in [3.63, 3.8) is 0 Å². The average molecular weight is 499 g/mol. The number of nitro groups is 1. The first-order valence-electron chi connectivity index (χ1n) is 13.1. The summed E-state index contributed by atoms with van der Waals surface area (Å²) in [7, 11) is 2.11. The minimum atomic E-state index is -0.385. The number of nitro benzene ring substituents is 1. The van der Waals surface area contributed by atoms with Crippen molar-refractivity contribution in [2.45, 2.75) is 25.2 Å². The first-order chi connectivity index (χ1) is 18.0. The topological polar surface area (TPSA) is 69.9 Å². The van der Waals surface area contributed by atoms with Gasteiger partial charge in [-0.2, -0.15) is 0 Å². The Balaban J connectivity index is 1.10. The molecule has 1 fully saturated rings. The fourth-order valence-corrected chi connectivity index (χ4v) is 5.66. The molecule has 3 aromatic carbocycles. The number of piperazine rings is 1. The van der Waals surface area contributed by atoms with Crippen molar-refractivity contribution in [3.8, 4) is 0 Å². The van der Waals surface area contributed by atoms with Crippen LogP contribution in [0.25, 0.3) is 0 Å². The van der Waals surface area contributed by atoms with Crippen LogP contribution in [0.15, 0.2) is 72.8 Å². The Morgan fingerprint density at radius 1 is 0.892 bits per heavy atom. The number of hydrogen-bond acceptors (Lipinski definition) is 5. The van der Waals surface area contributed by atoms with Crippen molar-refractivity contribution in [1.82, 2.24) is 9.80 Å². The van der Waals surface area contributed by atoms with Crippen LogP contribution in [0, 0.1) is 10.1 Å². The second-order valence-corrected chi connectivity index (χ2v) is 10.1. The first kappa shape index (κ1) is 25.0. The van der Waals surface area contributed by atoms with Crippen molar-refractivity contribution in [1.29, 1.82) is 0 Å². The molecule has 0 bridgehead atoms. The standard InChI is InChI=1S/C30H34N4O3/c1-31(16-14-29-27-8-4-2-6-23(27)22-24-7-3-5-9-28(24)29)17-15-30(35)33-20-18-32(19-21-33)25-10-12-26(13-11-25)34(36)37/h2-13,29H,14-22H2,1H3. The van der Waals surface area contributed by atoms with Gasteiger partial charge in [-0.1, -0.05) is 48.5 Å². The minimum absolute atomic E-state index is 0.0959. The van der Waals surface area contributed by atoms with Crippen molar-refractivity contribution < 1.29 is 9.72 Å². The second kappa shape index (κ2) is 11.1. The maximum absolute atomic E-state index is 12.9. The van der Waals surface area contributed by atoms with Gasteiger partial charge in [0.1, 0.15) is 0 Å². The fourth-order valence-electron chi connectivity index (χ4n) is 5.66. The fraction of sp³-hybridized carbons (Fsp3) is 0.367. The van der Waals surface area contributed by atoms with Crippen molar-refractivity contribution >= 4 is 17.3 Å². The van der Waals surface area contributed by atoms with E-state index in [9.17, 15) is 14.9 Å². The monoisotopic (exact) mass is 498 g/mol. The number of rotatable bonds is 8. The van der Waals surface area contributed by atoms with Gasteiger partial charge in [-0.25, -0.2) is 0 Å². The van der Waals surface area contributed by atoms with E-state index in [1.54, 1.807) is 12.1 Å². The van der Waals surface area contributed by atoms with E-state index in [2.05, 4.69) is 65.4 Å². The highest BCUT2D eigenvalue weighted by atomic mass is 16.6. The van der Waals surface area contributed by atoms with Gasteiger partial charge in [0.15, 0.2) is 0 Å². The van der Waals surface area contributed by atoms with Crippen LogP contribution in [0.2, 0.25) is 0 Å². The third-order valence-corrected chi connectivity index (χ3v) is 7.81. The quantitative estimate of drug-likeness (QED) is 0.333. The lowest BCUT2D eigenvalue weighted by atomic mass is 9.76. The van der Waals surface area contributed by atoms with E-state index in [1.807, 2.05) is 4.90 Å². The Morgan fingerprint density at radius 2 is 1.49 bits per heavy atom. The molecule has 2 aliphatic rings.